The molecular weight excluding hydrogens is 520 g/mol. The SMILES string of the molecule is [C-]#[N+]c1ccnc(-c2ccc(-c3ccc4c(c3)sc3cc(-c5ccc(-c6cc(C#N)ccn6)cc5)ccc34)cc2)c1. The van der Waals surface area contributed by atoms with Gasteiger partial charge in [0.05, 0.1) is 29.6 Å². The van der Waals surface area contributed by atoms with Crippen LogP contribution in [0.1, 0.15) is 5.56 Å². The van der Waals surface area contributed by atoms with Crippen LogP contribution < -0.4 is 0 Å². The molecule has 7 rings (SSSR count). The normalized spacial score (nSPS) is 10.9. The Hall–Kier alpha value is -5.62. The van der Waals surface area contributed by atoms with Crippen molar-refractivity contribution >= 4 is 37.2 Å². The van der Waals surface area contributed by atoms with Crippen molar-refractivity contribution in [3.8, 4) is 50.8 Å². The summed E-state index contributed by atoms with van der Waals surface area (Å²) in [5, 5.41) is 11.7. The van der Waals surface area contributed by atoms with Crippen LogP contribution in [0.25, 0.3) is 69.8 Å². The number of rotatable bonds is 4. The molecule has 0 saturated carbocycles. The third-order valence-electron chi connectivity index (χ3n) is 7.26. The van der Waals surface area contributed by atoms with Crippen molar-refractivity contribution in [3.63, 3.8) is 0 Å². The molecule has 0 aliphatic carbocycles. The van der Waals surface area contributed by atoms with Gasteiger partial charge in [0.1, 0.15) is 0 Å². The van der Waals surface area contributed by atoms with Crippen molar-refractivity contribution < 1.29 is 0 Å². The fourth-order valence-electron chi connectivity index (χ4n) is 5.11. The molecule has 4 nitrogen and oxygen atoms in total. The van der Waals surface area contributed by atoms with Crippen LogP contribution in [-0.2, 0) is 0 Å². The summed E-state index contributed by atoms with van der Waals surface area (Å²) in [6.07, 6.45) is 3.35. The monoisotopic (exact) mass is 540 g/mol. The van der Waals surface area contributed by atoms with Gasteiger partial charge in [0.2, 0.25) is 0 Å². The molecule has 3 heterocycles. The molecule has 0 saturated heterocycles. The van der Waals surface area contributed by atoms with E-state index in [-0.39, 0.29) is 0 Å². The predicted octanol–water partition coefficient (Wildman–Crippen LogP) is 9.93. The van der Waals surface area contributed by atoms with E-state index in [4.69, 9.17) is 6.57 Å². The van der Waals surface area contributed by atoms with Crippen molar-refractivity contribution in [2.24, 2.45) is 0 Å². The van der Waals surface area contributed by atoms with Gasteiger partial charge >= 0.3 is 0 Å². The second-order valence-corrected chi connectivity index (χ2v) is 10.8. The summed E-state index contributed by atoms with van der Waals surface area (Å²) in [5.41, 5.74) is 9.41. The molecular formula is C36H20N4S. The van der Waals surface area contributed by atoms with E-state index in [1.807, 2.05) is 23.5 Å². The summed E-state index contributed by atoms with van der Waals surface area (Å²) < 4.78 is 2.51. The standard InChI is InChI=1S/C36H20N4S/c1-38-30-15-17-40-34(21-30)27-8-4-25(5-9-27)29-11-13-32-31-12-10-28(19-35(31)41-36(32)20-29)24-2-6-26(7-3-24)33-18-23(22-37)14-16-39-33/h2-21H. The van der Waals surface area contributed by atoms with Crippen molar-refractivity contribution in [1.29, 1.82) is 5.26 Å². The number of nitriles is 1. The summed E-state index contributed by atoms with van der Waals surface area (Å²) >= 11 is 1.81. The smallest absolute Gasteiger partial charge is 0.190 e. The highest BCUT2D eigenvalue weighted by Gasteiger charge is 2.10. The lowest BCUT2D eigenvalue weighted by Gasteiger charge is -2.06. The van der Waals surface area contributed by atoms with E-state index >= 15 is 0 Å². The number of fused-ring (bicyclic) bond motifs is 3. The molecule has 7 aromatic rings. The minimum absolute atomic E-state index is 0.592. The Balaban J connectivity index is 1.18. The van der Waals surface area contributed by atoms with Crippen molar-refractivity contribution in [2.75, 3.05) is 0 Å². The summed E-state index contributed by atoms with van der Waals surface area (Å²) in [6, 6.07) is 39.3. The van der Waals surface area contributed by atoms with E-state index in [9.17, 15) is 5.26 Å². The summed E-state index contributed by atoms with van der Waals surface area (Å²) in [7, 11) is 0. The van der Waals surface area contributed by atoms with Gasteiger partial charge in [-0.3, -0.25) is 9.97 Å². The maximum Gasteiger partial charge on any atom is 0.190 e. The number of thiophene rings is 1. The van der Waals surface area contributed by atoms with Crippen molar-refractivity contribution in [1.82, 2.24) is 9.97 Å². The van der Waals surface area contributed by atoms with Crippen LogP contribution in [0.4, 0.5) is 5.69 Å². The highest BCUT2D eigenvalue weighted by molar-refractivity contribution is 7.25. The van der Waals surface area contributed by atoms with Crippen LogP contribution in [0.2, 0.25) is 0 Å². The zero-order valence-corrected chi connectivity index (χ0v) is 22.6. The van der Waals surface area contributed by atoms with Gasteiger partial charge in [0.15, 0.2) is 5.69 Å². The second-order valence-electron chi connectivity index (χ2n) is 9.73. The molecule has 0 aliphatic heterocycles. The third-order valence-corrected chi connectivity index (χ3v) is 8.38. The number of pyridine rings is 2. The third kappa shape index (κ3) is 4.61. The predicted molar refractivity (Wildman–Crippen MR) is 168 cm³/mol. The lowest BCUT2D eigenvalue weighted by Crippen LogP contribution is -1.85. The van der Waals surface area contributed by atoms with Gasteiger partial charge in [-0.15, -0.1) is 11.3 Å². The summed E-state index contributed by atoms with van der Waals surface area (Å²) in [6.45, 7) is 7.25. The molecule has 0 radical (unpaired) electrons. The molecule has 0 aliphatic rings. The van der Waals surface area contributed by atoms with Crippen molar-refractivity contribution in [2.45, 2.75) is 0 Å². The first kappa shape index (κ1) is 24.4. The van der Waals surface area contributed by atoms with Crippen LogP contribution in [-0.4, -0.2) is 9.97 Å². The van der Waals surface area contributed by atoms with Crippen LogP contribution >= 0.6 is 11.3 Å². The Morgan fingerprint density at radius 1 is 0.561 bits per heavy atom. The Bertz CT molecular complexity index is 2010. The van der Waals surface area contributed by atoms with Gasteiger partial charge in [-0.25, -0.2) is 4.85 Å². The second kappa shape index (κ2) is 10.2. The maximum absolute atomic E-state index is 9.19. The van der Waals surface area contributed by atoms with E-state index in [2.05, 4.69) is 106 Å². The highest BCUT2D eigenvalue weighted by Crippen LogP contribution is 2.39. The van der Waals surface area contributed by atoms with Gasteiger partial charge in [-0.2, -0.15) is 5.26 Å². The number of nitrogens with zero attached hydrogens (tertiary/aromatic N) is 4. The molecule has 0 N–H and O–H groups in total. The van der Waals surface area contributed by atoms with Gasteiger partial charge in [-0.05, 0) is 64.2 Å². The minimum atomic E-state index is 0.592. The molecule has 4 aromatic carbocycles. The van der Waals surface area contributed by atoms with Crippen molar-refractivity contribution in [3.05, 3.63) is 139 Å². The summed E-state index contributed by atoms with van der Waals surface area (Å²) in [5.74, 6) is 0. The minimum Gasteiger partial charge on any atom is -0.259 e. The molecule has 0 atom stereocenters. The Morgan fingerprint density at radius 3 is 1.59 bits per heavy atom. The number of aromatic nitrogens is 2. The number of hydrogen-bond acceptors (Lipinski definition) is 4. The Kier molecular flexibility index (Phi) is 6.06. The fourth-order valence-corrected chi connectivity index (χ4v) is 6.29. The van der Waals surface area contributed by atoms with E-state index in [1.165, 1.54) is 31.3 Å². The Labute approximate surface area is 241 Å². The van der Waals surface area contributed by atoms with Gasteiger partial charge in [0.25, 0.3) is 0 Å². The highest BCUT2D eigenvalue weighted by atomic mass is 32.1. The number of hydrogen-bond donors (Lipinski definition) is 0. The Morgan fingerprint density at radius 2 is 1.05 bits per heavy atom. The first-order chi connectivity index (χ1) is 20.2. The van der Waals surface area contributed by atoms with Crippen LogP contribution in [0.15, 0.2) is 122 Å². The molecule has 0 bridgehead atoms. The first-order valence-corrected chi connectivity index (χ1v) is 13.9. The topological polar surface area (TPSA) is 53.9 Å². The molecule has 3 aromatic heterocycles. The molecule has 0 spiro atoms. The van der Waals surface area contributed by atoms with E-state index in [1.54, 1.807) is 24.5 Å². The molecule has 0 amide bonds. The first-order valence-electron chi connectivity index (χ1n) is 13.1. The van der Waals surface area contributed by atoms with Gasteiger partial charge in [0, 0.05) is 38.1 Å². The maximum atomic E-state index is 9.19. The number of benzene rings is 4. The molecule has 0 unspecified atom stereocenters. The average molecular weight is 541 g/mol. The van der Waals surface area contributed by atoms with Crippen LogP contribution in [0.3, 0.4) is 0 Å². The van der Waals surface area contributed by atoms with E-state index in [0.29, 0.717) is 11.3 Å². The van der Waals surface area contributed by atoms with E-state index < -0.39 is 0 Å². The lowest BCUT2D eigenvalue weighted by molar-refractivity contribution is 1.31. The molecule has 41 heavy (non-hydrogen) atoms. The van der Waals surface area contributed by atoms with Crippen LogP contribution in [0.5, 0.6) is 0 Å². The zero-order valence-electron chi connectivity index (χ0n) is 21.7. The lowest BCUT2D eigenvalue weighted by atomic mass is 9.99. The van der Waals surface area contributed by atoms with E-state index in [0.717, 1.165) is 33.6 Å². The molecule has 190 valence electrons. The quantitative estimate of drug-likeness (QED) is 0.209. The largest absolute Gasteiger partial charge is 0.259 e. The zero-order chi connectivity index (χ0) is 27.8. The van der Waals surface area contributed by atoms with Crippen LogP contribution in [0, 0.1) is 17.9 Å². The molecule has 0 fully saturated rings. The van der Waals surface area contributed by atoms with Gasteiger partial charge < -0.3 is 0 Å². The summed E-state index contributed by atoms with van der Waals surface area (Å²) in [4.78, 5) is 12.4. The average Bonchev–Trinajstić information content (AvgIpc) is 3.42. The van der Waals surface area contributed by atoms with Gasteiger partial charge in [-0.1, -0.05) is 72.8 Å². The molecule has 5 heteroatoms. The fraction of sp³-hybridized carbons (Fsp3) is 0.